The standard InChI is InChI=1S/C19H40N2O/c1-4-5-6-10-14-19(22)15-11-8-7-9-12-16-20-17-13-18-21(2)3/h10,14,19-20,22H,4-9,11-13,15-18H2,1-3H3. The first-order chi connectivity index (χ1) is 10.7. The van der Waals surface area contributed by atoms with Crippen LogP contribution in [0.3, 0.4) is 0 Å². The van der Waals surface area contributed by atoms with Crippen LogP contribution in [0.4, 0.5) is 0 Å². The molecule has 1 unspecified atom stereocenters. The minimum atomic E-state index is -0.227. The number of nitrogens with one attached hydrogen (secondary N) is 1. The number of hydrogen-bond donors (Lipinski definition) is 2. The molecule has 0 amide bonds. The highest BCUT2D eigenvalue weighted by atomic mass is 16.3. The van der Waals surface area contributed by atoms with E-state index in [1.54, 1.807) is 0 Å². The summed E-state index contributed by atoms with van der Waals surface area (Å²) in [6, 6.07) is 0. The van der Waals surface area contributed by atoms with Crippen molar-refractivity contribution in [3.05, 3.63) is 12.2 Å². The molecule has 2 N–H and O–H groups in total. The van der Waals surface area contributed by atoms with E-state index in [1.807, 2.05) is 6.08 Å². The van der Waals surface area contributed by atoms with Gasteiger partial charge in [0.25, 0.3) is 0 Å². The molecule has 0 spiro atoms. The molecule has 0 rings (SSSR count). The molecule has 0 radical (unpaired) electrons. The first-order valence-corrected chi connectivity index (χ1v) is 9.37. The summed E-state index contributed by atoms with van der Waals surface area (Å²) in [7, 11) is 4.25. The fourth-order valence-corrected chi connectivity index (χ4v) is 2.45. The molecule has 0 aromatic carbocycles. The van der Waals surface area contributed by atoms with Gasteiger partial charge >= 0.3 is 0 Å². The van der Waals surface area contributed by atoms with E-state index < -0.39 is 0 Å². The summed E-state index contributed by atoms with van der Waals surface area (Å²) in [6.07, 6.45) is 15.9. The Balaban J connectivity index is 3.18. The molecule has 0 aliphatic carbocycles. The van der Waals surface area contributed by atoms with Crippen LogP contribution in [0.5, 0.6) is 0 Å². The van der Waals surface area contributed by atoms with E-state index in [0.717, 1.165) is 32.4 Å². The van der Waals surface area contributed by atoms with Crippen molar-refractivity contribution in [1.29, 1.82) is 0 Å². The van der Waals surface area contributed by atoms with Crippen molar-refractivity contribution in [2.45, 2.75) is 77.2 Å². The van der Waals surface area contributed by atoms with Gasteiger partial charge in [-0.25, -0.2) is 0 Å². The monoisotopic (exact) mass is 312 g/mol. The summed E-state index contributed by atoms with van der Waals surface area (Å²) >= 11 is 0. The third-order valence-corrected chi connectivity index (χ3v) is 3.89. The smallest absolute Gasteiger partial charge is 0.0720 e. The zero-order valence-corrected chi connectivity index (χ0v) is 15.3. The van der Waals surface area contributed by atoms with Crippen molar-refractivity contribution in [1.82, 2.24) is 10.2 Å². The fraction of sp³-hybridized carbons (Fsp3) is 0.895. The second-order valence-corrected chi connectivity index (χ2v) is 6.60. The average molecular weight is 313 g/mol. The van der Waals surface area contributed by atoms with Gasteiger partial charge in [-0.1, -0.05) is 57.6 Å². The van der Waals surface area contributed by atoms with Crippen molar-refractivity contribution < 1.29 is 5.11 Å². The molecule has 0 bridgehead atoms. The lowest BCUT2D eigenvalue weighted by molar-refractivity contribution is 0.207. The predicted octanol–water partition coefficient (Wildman–Crippen LogP) is 3.98. The van der Waals surface area contributed by atoms with Crippen LogP contribution in [-0.2, 0) is 0 Å². The van der Waals surface area contributed by atoms with Gasteiger partial charge in [-0.3, -0.25) is 0 Å². The van der Waals surface area contributed by atoms with E-state index in [0.29, 0.717) is 0 Å². The second-order valence-electron chi connectivity index (χ2n) is 6.60. The van der Waals surface area contributed by atoms with Crippen molar-refractivity contribution in [2.75, 3.05) is 33.7 Å². The summed E-state index contributed by atoms with van der Waals surface area (Å²) in [5.41, 5.74) is 0. The number of aliphatic hydroxyl groups is 1. The lowest BCUT2D eigenvalue weighted by Crippen LogP contribution is -2.22. The molecule has 0 heterocycles. The average Bonchev–Trinajstić information content (AvgIpc) is 2.49. The van der Waals surface area contributed by atoms with Crippen LogP contribution >= 0.6 is 0 Å². The summed E-state index contributed by atoms with van der Waals surface area (Å²) in [6.45, 7) is 5.65. The van der Waals surface area contributed by atoms with Crippen LogP contribution in [0.1, 0.15) is 71.1 Å². The van der Waals surface area contributed by atoms with E-state index in [2.05, 4.69) is 37.3 Å². The molecule has 0 saturated carbocycles. The van der Waals surface area contributed by atoms with Crippen LogP contribution in [0.2, 0.25) is 0 Å². The van der Waals surface area contributed by atoms with Crippen molar-refractivity contribution in [2.24, 2.45) is 0 Å². The maximum atomic E-state index is 9.81. The van der Waals surface area contributed by atoms with Gasteiger partial charge in [-0.2, -0.15) is 0 Å². The van der Waals surface area contributed by atoms with Crippen molar-refractivity contribution >= 4 is 0 Å². The van der Waals surface area contributed by atoms with Crippen LogP contribution in [0, 0.1) is 0 Å². The molecular formula is C19H40N2O. The maximum absolute atomic E-state index is 9.81. The third kappa shape index (κ3) is 17.7. The minimum Gasteiger partial charge on any atom is -0.389 e. The second kappa shape index (κ2) is 17.0. The van der Waals surface area contributed by atoms with Gasteiger partial charge in [0.1, 0.15) is 0 Å². The molecule has 1 atom stereocenters. The van der Waals surface area contributed by atoms with E-state index in [-0.39, 0.29) is 6.10 Å². The molecule has 3 heteroatoms. The highest BCUT2D eigenvalue weighted by Gasteiger charge is 1.98. The quantitative estimate of drug-likeness (QED) is 0.334. The molecular weight excluding hydrogens is 272 g/mol. The van der Waals surface area contributed by atoms with E-state index in [1.165, 1.54) is 51.5 Å². The Labute approximate surface area is 139 Å². The van der Waals surface area contributed by atoms with Crippen molar-refractivity contribution in [3.63, 3.8) is 0 Å². The molecule has 3 nitrogen and oxygen atoms in total. The molecule has 0 aromatic heterocycles. The molecule has 0 fully saturated rings. The molecule has 0 aliphatic heterocycles. The van der Waals surface area contributed by atoms with Crippen LogP contribution in [0.15, 0.2) is 12.2 Å². The van der Waals surface area contributed by atoms with Gasteiger partial charge in [0.2, 0.25) is 0 Å². The number of rotatable bonds is 16. The minimum absolute atomic E-state index is 0.227. The Bertz CT molecular complexity index is 242. The normalized spacial score (nSPS) is 13.3. The lowest BCUT2D eigenvalue weighted by atomic mass is 10.1. The van der Waals surface area contributed by atoms with Crippen LogP contribution in [-0.4, -0.2) is 49.8 Å². The molecule has 0 aliphatic rings. The number of allylic oxidation sites excluding steroid dienone is 1. The summed E-state index contributed by atoms with van der Waals surface area (Å²) in [5.74, 6) is 0. The Morgan fingerprint density at radius 2 is 1.64 bits per heavy atom. The van der Waals surface area contributed by atoms with Crippen LogP contribution in [0.25, 0.3) is 0 Å². The third-order valence-electron chi connectivity index (χ3n) is 3.89. The number of hydrogen-bond acceptors (Lipinski definition) is 3. The Kier molecular flexibility index (Phi) is 16.7. The van der Waals surface area contributed by atoms with E-state index in [4.69, 9.17) is 0 Å². The first kappa shape index (κ1) is 21.6. The Hall–Kier alpha value is -0.380. The zero-order chi connectivity index (χ0) is 16.5. The Morgan fingerprint density at radius 3 is 2.36 bits per heavy atom. The topological polar surface area (TPSA) is 35.5 Å². The largest absolute Gasteiger partial charge is 0.389 e. The fourth-order valence-electron chi connectivity index (χ4n) is 2.45. The van der Waals surface area contributed by atoms with Gasteiger partial charge in [0, 0.05) is 0 Å². The van der Waals surface area contributed by atoms with E-state index in [9.17, 15) is 5.11 Å². The van der Waals surface area contributed by atoms with E-state index >= 15 is 0 Å². The molecule has 22 heavy (non-hydrogen) atoms. The first-order valence-electron chi connectivity index (χ1n) is 9.37. The molecule has 132 valence electrons. The van der Waals surface area contributed by atoms with Crippen LogP contribution < -0.4 is 5.32 Å². The number of unbranched alkanes of at least 4 members (excludes halogenated alkanes) is 6. The maximum Gasteiger partial charge on any atom is 0.0720 e. The van der Waals surface area contributed by atoms with Gasteiger partial charge < -0.3 is 15.3 Å². The highest BCUT2D eigenvalue weighted by molar-refractivity contribution is 4.88. The number of aliphatic hydroxyl groups excluding tert-OH is 1. The van der Waals surface area contributed by atoms with Gasteiger partial charge in [-0.05, 0) is 59.4 Å². The lowest BCUT2D eigenvalue weighted by Gasteiger charge is -2.09. The Morgan fingerprint density at radius 1 is 0.955 bits per heavy atom. The summed E-state index contributed by atoms with van der Waals surface area (Å²) in [4.78, 5) is 2.23. The zero-order valence-electron chi connectivity index (χ0n) is 15.3. The molecule has 0 saturated heterocycles. The van der Waals surface area contributed by atoms with Gasteiger partial charge in [0.15, 0.2) is 0 Å². The van der Waals surface area contributed by atoms with Gasteiger partial charge in [-0.15, -0.1) is 0 Å². The number of nitrogens with zero attached hydrogens (tertiary/aromatic N) is 1. The summed E-state index contributed by atoms with van der Waals surface area (Å²) < 4.78 is 0. The predicted molar refractivity (Wildman–Crippen MR) is 98.4 cm³/mol. The highest BCUT2D eigenvalue weighted by Crippen LogP contribution is 2.08. The molecule has 0 aromatic rings. The van der Waals surface area contributed by atoms with Crippen molar-refractivity contribution in [3.8, 4) is 0 Å². The van der Waals surface area contributed by atoms with Gasteiger partial charge in [0.05, 0.1) is 6.10 Å². The summed E-state index contributed by atoms with van der Waals surface area (Å²) in [5, 5.41) is 13.3. The SMILES string of the molecule is CCCCC=CC(O)CCCCCCCNCCCN(C)C.